The van der Waals surface area contributed by atoms with Crippen molar-refractivity contribution < 1.29 is 13.9 Å². The van der Waals surface area contributed by atoms with Crippen molar-refractivity contribution in [2.45, 2.75) is 43.2 Å². The molecule has 1 unspecified atom stereocenters. The van der Waals surface area contributed by atoms with Gasteiger partial charge in [-0.1, -0.05) is 13.8 Å². The Labute approximate surface area is 123 Å². The molecule has 0 aliphatic heterocycles. The number of hydrogen-bond donors (Lipinski definition) is 2. The van der Waals surface area contributed by atoms with Crippen LogP contribution in [-0.4, -0.2) is 29.0 Å². The van der Waals surface area contributed by atoms with E-state index in [1.807, 2.05) is 0 Å². The van der Waals surface area contributed by atoms with Crippen LogP contribution in [0.15, 0.2) is 23.1 Å². The minimum absolute atomic E-state index is 0.0620. The van der Waals surface area contributed by atoms with Gasteiger partial charge in [-0.3, -0.25) is 0 Å². The van der Waals surface area contributed by atoms with E-state index in [-0.39, 0.29) is 18.2 Å². The van der Waals surface area contributed by atoms with Crippen LogP contribution in [0.5, 0.6) is 0 Å². The van der Waals surface area contributed by atoms with Gasteiger partial charge in [0.1, 0.15) is 0 Å². The summed E-state index contributed by atoms with van der Waals surface area (Å²) in [5.74, 6) is -0.539. The SMILES string of the molecule is CC(C)NC(CO)(CSc1ccc(F)c(F)c1)C1CC1. The Morgan fingerprint density at radius 1 is 1.35 bits per heavy atom. The largest absolute Gasteiger partial charge is 0.394 e. The predicted octanol–water partition coefficient (Wildman–Crippen LogP) is 3.20. The number of rotatable bonds is 7. The van der Waals surface area contributed by atoms with E-state index in [9.17, 15) is 13.9 Å². The van der Waals surface area contributed by atoms with Crippen LogP contribution in [0.1, 0.15) is 26.7 Å². The van der Waals surface area contributed by atoms with E-state index >= 15 is 0 Å². The normalized spacial score (nSPS) is 18.3. The summed E-state index contributed by atoms with van der Waals surface area (Å²) in [4.78, 5) is 0.688. The average Bonchev–Trinajstić information content (AvgIpc) is 3.23. The Bertz CT molecular complexity index is 465. The first-order chi connectivity index (χ1) is 9.47. The highest BCUT2D eigenvalue weighted by molar-refractivity contribution is 7.99. The molecule has 0 radical (unpaired) electrons. The van der Waals surface area contributed by atoms with E-state index in [2.05, 4.69) is 19.2 Å². The molecule has 1 atom stereocenters. The zero-order valence-corrected chi connectivity index (χ0v) is 12.6. The highest BCUT2D eigenvalue weighted by Crippen LogP contribution is 2.42. The lowest BCUT2D eigenvalue weighted by molar-refractivity contribution is 0.150. The van der Waals surface area contributed by atoms with E-state index in [0.29, 0.717) is 16.6 Å². The zero-order valence-electron chi connectivity index (χ0n) is 11.8. The molecule has 2 nitrogen and oxygen atoms in total. The molecule has 0 amide bonds. The van der Waals surface area contributed by atoms with Gasteiger partial charge in [0.15, 0.2) is 11.6 Å². The molecular weight excluding hydrogens is 280 g/mol. The molecule has 1 aliphatic rings. The molecule has 112 valence electrons. The highest BCUT2D eigenvalue weighted by atomic mass is 32.2. The first-order valence-electron chi connectivity index (χ1n) is 6.93. The van der Waals surface area contributed by atoms with Gasteiger partial charge in [0, 0.05) is 16.7 Å². The molecule has 20 heavy (non-hydrogen) atoms. The van der Waals surface area contributed by atoms with Gasteiger partial charge in [0.05, 0.1) is 12.1 Å². The molecular formula is C15H21F2NOS. The maximum Gasteiger partial charge on any atom is 0.159 e. The fraction of sp³-hybridized carbons (Fsp3) is 0.600. The number of thioether (sulfide) groups is 1. The third-order valence-corrected chi connectivity index (χ3v) is 4.85. The van der Waals surface area contributed by atoms with Gasteiger partial charge in [-0.15, -0.1) is 11.8 Å². The van der Waals surface area contributed by atoms with Crippen molar-refractivity contribution >= 4 is 11.8 Å². The minimum Gasteiger partial charge on any atom is -0.394 e. The molecule has 1 aromatic carbocycles. The van der Waals surface area contributed by atoms with Gasteiger partial charge in [-0.25, -0.2) is 8.78 Å². The predicted molar refractivity (Wildman–Crippen MR) is 77.9 cm³/mol. The summed E-state index contributed by atoms with van der Waals surface area (Å²) in [6.45, 7) is 4.16. The van der Waals surface area contributed by atoms with Crippen molar-refractivity contribution in [2.24, 2.45) is 5.92 Å². The molecule has 2 N–H and O–H groups in total. The second kappa shape index (κ2) is 6.41. The van der Waals surface area contributed by atoms with Crippen LogP contribution in [0.25, 0.3) is 0 Å². The van der Waals surface area contributed by atoms with Gasteiger partial charge in [0.2, 0.25) is 0 Å². The molecule has 0 saturated heterocycles. The number of nitrogens with one attached hydrogen (secondary N) is 1. The Hall–Kier alpha value is -0.650. The number of benzene rings is 1. The second-order valence-corrected chi connectivity index (χ2v) is 6.80. The van der Waals surface area contributed by atoms with Crippen LogP contribution in [0, 0.1) is 17.6 Å². The van der Waals surface area contributed by atoms with Crippen molar-refractivity contribution in [2.75, 3.05) is 12.4 Å². The van der Waals surface area contributed by atoms with Crippen LogP contribution in [0.3, 0.4) is 0 Å². The molecule has 0 aromatic heterocycles. The molecule has 2 rings (SSSR count). The van der Waals surface area contributed by atoms with Crippen molar-refractivity contribution in [1.82, 2.24) is 5.32 Å². The monoisotopic (exact) mass is 301 g/mol. The molecule has 0 bridgehead atoms. The topological polar surface area (TPSA) is 32.3 Å². The Balaban J connectivity index is 2.06. The molecule has 0 heterocycles. The van der Waals surface area contributed by atoms with Crippen molar-refractivity contribution in [3.63, 3.8) is 0 Å². The third kappa shape index (κ3) is 3.71. The summed E-state index contributed by atoms with van der Waals surface area (Å²) in [5, 5.41) is 13.3. The Kier molecular flexibility index (Phi) is 5.04. The fourth-order valence-corrected chi connectivity index (χ4v) is 3.67. The first-order valence-corrected chi connectivity index (χ1v) is 7.92. The molecule has 1 saturated carbocycles. The number of aliphatic hydroxyl groups is 1. The molecule has 5 heteroatoms. The van der Waals surface area contributed by atoms with E-state index in [0.717, 1.165) is 18.9 Å². The highest BCUT2D eigenvalue weighted by Gasteiger charge is 2.44. The first kappa shape index (κ1) is 15.7. The second-order valence-electron chi connectivity index (χ2n) is 5.75. The number of hydrogen-bond acceptors (Lipinski definition) is 3. The van der Waals surface area contributed by atoms with Crippen LogP contribution in [0.2, 0.25) is 0 Å². The van der Waals surface area contributed by atoms with Gasteiger partial charge < -0.3 is 10.4 Å². The summed E-state index contributed by atoms with van der Waals surface area (Å²) in [5.41, 5.74) is -0.330. The molecule has 1 aromatic rings. The number of halogens is 2. The third-order valence-electron chi connectivity index (χ3n) is 3.60. The van der Waals surface area contributed by atoms with Gasteiger partial charge in [0.25, 0.3) is 0 Å². The summed E-state index contributed by atoms with van der Waals surface area (Å²) in [7, 11) is 0. The quantitative estimate of drug-likeness (QED) is 0.759. The van der Waals surface area contributed by atoms with Crippen LogP contribution in [-0.2, 0) is 0 Å². The summed E-state index contributed by atoms with van der Waals surface area (Å²) in [6.07, 6.45) is 2.22. The lowest BCUT2D eigenvalue weighted by atomic mass is 9.95. The standard InChI is InChI=1S/C15H21F2NOS/c1-10(2)18-15(8-19,11-3-4-11)9-20-12-5-6-13(16)14(17)7-12/h5-7,10-11,18-19H,3-4,8-9H2,1-2H3. The van der Waals surface area contributed by atoms with E-state index in [1.165, 1.54) is 17.8 Å². The minimum atomic E-state index is -0.828. The van der Waals surface area contributed by atoms with Crippen molar-refractivity contribution in [3.05, 3.63) is 29.8 Å². The molecule has 1 aliphatic carbocycles. The maximum absolute atomic E-state index is 13.2. The lowest BCUT2D eigenvalue weighted by Gasteiger charge is -2.35. The Morgan fingerprint density at radius 3 is 2.55 bits per heavy atom. The maximum atomic E-state index is 13.2. The molecule has 0 spiro atoms. The summed E-state index contributed by atoms with van der Waals surface area (Å²) < 4.78 is 26.1. The van der Waals surface area contributed by atoms with Gasteiger partial charge in [-0.2, -0.15) is 0 Å². The van der Waals surface area contributed by atoms with Crippen molar-refractivity contribution in [1.29, 1.82) is 0 Å². The summed E-state index contributed by atoms with van der Waals surface area (Å²) in [6, 6.07) is 4.21. The fourth-order valence-electron chi connectivity index (χ4n) is 2.49. The van der Waals surface area contributed by atoms with E-state index in [1.54, 1.807) is 6.07 Å². The van der Waals surface area contributed by atoms with E-state index in [4.69, 9.17) is 0 Å². The van der Waals surface area contributed by atoms with Crippen LogP contribution < -0.4 is 5.32 Å². The van der Waals surface area contributed by atoms with Crippen LogP contribution in [0.4, 0.5) is 8.78 Å². The van der Waals surface area contributed by atoms with E-state index < -0.39 is 11.6 Å². The zero-order chi connectivity index (χ0) is 14.8. The number of aliphatic hydroxyl groups excluding tert-OH is 1. The van der Waals surface area contributed by atoms with Gasteiger partial charge in [-0.05, 0) is 37.0 Å². The molecule has 1 fully saturated rings. The smallest absolute Gasteiger partial charge is 0.159 e. The summed E-state index contributed by atoms with van der Waals surface area (Å²) >= 11 is 1.46. The van der Waals surface area contributed by atoms with Gasteiger partial charge >= 0.3 is 0 Å². The van der Waals surface area contributed by atoms with Crippen molar-refractivity contribution in [3.8, 4) is 0 Å². The van der Waals surface area contributed by atoms with Crippen LogP contribution >= 0.6 is 11.8 Å². The lowest BCUT2D eigenvalue weighted by Crippen LogP contribution is -2.55. The Morgan fingerprint density at radius 2 is 2.05 bits per heavy atom. The average molecular weight is 301 g/mol.